The molecular weight excluding hydrogens is 358 g/mol. The highest BCUT2D eigenvalue weighted by atomic mass is 127. The van der Waals surface area contributed by atoms with Gasteiger partial charge < -0.3 is 4.43 Å². The van der Waals surface area contributed by atoms with E-state index in [-0.39, 0.29) is 0 Å². The minimum absolute atomic E-state index is 1.22. The van der Waals surface area contributed by atoms with Crippen molar-refractivity contribution in [3.63, 3.8) is 0 Å². The zero-order chi connectivity index (χ0) is 7.33. The summed E-state index contributed by atoms with van der Waals surface area (Å²) in [5, 5.41) is 0. The van der Waals surface area contributed by atoms with E-state index in [1.807, 2.05) is 7.11 Å². The van der Waals surface area contributed by atoms with Gasteiger partial charge in [0.15, 0.2) is 0 Å². The summed E-state index contributed by atoms with van der Waals surface area (Å²) in [6, 6.07) is 1.25. The van der Waals surface area contributed by atoms with Gasteiger partial charge in [-0.3, -0.25) is 0 Å². The Morgan fingerprint density at radius 1 is 1.33 bits per heavy atom. The summed E-state index contributed by atoms with van der Waals surface area (Å²) in [4.78, 5) is 0. The van der Waals surface area contributed by atoms with Crippen molar-refractivity contribution in [3.05, 3.63) is 0 Å². The van der Waals surface area contributed by atoms with Crippen LogP contribution in [0.5, 0.6) is 0 Å². The minimum atomic E-state index is -1.22. The van der Waals surface area contributed by atoms with Crippen molar-refractivity contribution in [1.29, 1.82) is 0 Å². The Morgan fingerprint density at radius 3 is 1.78 bits per heavy atom. The van der Waals surface area contributed by atoms with Crippen LogP contribution >= 0.6 is 45.2 Å². The predicted molar refractivity (Wildman–Crippen MR) is 61.0 cm³/mol. The summed E-state index contributed by atoms with van der Waals surface area (Å²) in [6.07, 6.45) is 0. The van der Waals surface area contributed by atoms with Crippen LogP contribution in [-0.4, -0.2) is 23.5 Å². The molecule has 0 aromatic heterocycles. The zero-order valence-corrected chi connectivity index (χ0v) is 11.1. The lowest BCUT2D eigenvalue weighted by Gasteiger charge is -2.23. The maximum Gasteiger partial charge on any atom is 0.211 e. The van der Waals surface area contributed by atoms with Crippen molar-refractivity contribution < 1.29 is 4.43 Å². The lowest BCUT2D eigenvalue weighted by Crippen LogP contribution is -2.41. The molecule has 0 saturated carbocycles. The summed E-state index contributed by atoms with van der Waals surface area (Å²) in [7, 11) is 0.636. The number of alkyl halides is 2. The molecule has 0 heterocycles. The van der Waals surface area contributed by atoms with Gasteiger partial charge in [-0.15, -0.1) is 0 Å². The average molecular weight is 370 g/mol. The van der Waals surface area contributed by atoms with Crippen molar-refractivity contribution in [3.8, 4) is 0 Å². The van der Waals surface area contributed by atoms with E-state index in [1.54, 1.807) is 0 Å². The summed E-state index contributed by atoms with van der Waals surface area (Å²) < 4.78 is 7.96. The molecule has 0 aliphatic rings. The number of hydrogen-bond acceptors (Lipinski definition) is 1. The molecule has 0 amide bonds. The maximum atomic E-state index is 5.51. The first-order valence-corrected chi connectivity index (χ1v) is 8.50. The molecule has 0 saturated heterocycles. The van der Waals surface area contributed by atoms with Gasteiger partial charge in [-0.05, 0) is 6.04 Å². The summed E-state index contributed by atoms with van der Waals surface area (Å²) >= 11 is 4.87. The smallest absolute Gasteiger partial charge is 0.211 e. The third kappa shape index (κ3) is 3.02. The first-order valence-electron chi connectivity index (χ1n) is 2.91. The summed E-state index contributed by atoms with van der Waals surface area (Å²) in [6.45, 7) is 2.23. The molecule has 0 spiro atoms. The Morgan fingerprint density at radius 2 is 1.78 bits per heavy atom. The van der Waals surface area contributed by atoms with Gasteiger partial charge in [0.1, 0.15) is 0 Å². The normalized spacial score (nSPS) is 12.0. The molecule has 0 aromatic rings. The Kier molecular flexibility index (Phi) is 6.27. The van der Waals surface area contributed by atoms with E-state index < -0.39 is 8.32 Å². The Labute approximate surface area is 85.3 Å². The van der Waals surface area contributed by atoms with Gasteiger partial charge in [0.2, 0.25) is 8.32 Å². The molecule has 0 radical (unpaired) electrons. The SMILES string of the molecule is CC[Si](CI)(CI)OC. The third-order valence-electron chi connectivity index (χ3n) is 1.56. The van der Waals surface area contributed by atoms with Crippen LogP contribution in [0.15, 0.2) is 0 Å². The van der Waals surface area contributed by atoms with Gasteiger partial charge in [0.05, 0.1) is 0 Å². The highest BCUT2D eigenvalue weighted by molar-refractivity contribution is 14.1. The van der Waals surface area contributed by atoms with Crippen LogP contribution in [0, 0.1) is 0 Å². The fraction of sp³-hybridized carbons (Fsp3) is 1.00. The highest BCUT2D eigenvalue weighted by Crippen LogP contribution is 2.16. The Balaban J connectivity index is 3.82. The molecule has 0 atom stereocenters. The molecule has 0 N–H and O–H groups in total. The minimum Gasteiger partial charge on any atom is -0.418 e. The third-order valence-corrected chi connectivity index (χ3v) is 13.0. The van der Waals surface area contributed by atoms with Crippen molar-refractivity contribution in [2.45, 2.75) is 13.0 Å². The van der Waals surface area contributed by atoms with E-state index in [1.165, 1.54) is 14.1 Å². The van der Waals surface area contributed by atoms with Crippen molar-refractivity contribution >= 4 is 53.5 Å². The monoisotopic (exact) mass is 370 g/mol. The van der Waals surface area contributed by atoms with Crippen molar-refractivity contribution in [2.75, 3.05) is 15.2 Å². The Bertz CT molecular complexity index is 57.8. The number of rotatable bonds is 4. The second kappa shape index (κ2) is 5.31. The number of hydrogen-bond donors (Lipinski definition) is 0. The molecule has 0 aliphatic heterocycles. The lowest BCUT2D eigenvalue weighted by molar-refractivity contribution is 0.405. The fourth-order valence-electron chi connectivity index (χ4n) is 0.478. The molecule has 0 fully saturated rings. The van der Waals surface area contributed by atoms with E-state index in [2.05, 4.69) is 52.1 Å². The number of halogens is 2. The average Bonchev–Trinajstić information content (AvgIpc) is 1.95. The van der Waals surface area contributed by atoms with Gasteiger partial charge in [0.25, 0.3) is 0 Å². The molecule has 0 bridgehead atoms. The van der Waals surface area contributed by atoms with Crippen LogP contribution in [0.4, 0.5) is 0 Å². The van der Waals surface area contributed by atoms with E-state index in [9.17, 15) is 0 Å². The quantitative estimate of drug-likeness (QED) is 0.420. The van der Waals surface area contributed by atoms with E-state index in [0.717, 1.165) is 0 Å². The second-order valence-electron chi connectivity index (χ2n) is 2.01. The van der Waals surface area contributed by atoms with Crippen LogP contribution in [0.3, 0.4) is 0 Å². The molecule has 0 aromatic carbocycles. The molecule has 0 aliphatic carbocycles. The second-order valence-corrected chi connectivity index (χ2v) is 10.6. The predicted octanol–water partition coefficient (Wildman–Crippen LogP) is 2.55. The van der Waals surface area contributed by atoms with Crippen LogP contribution in [0.2, 0.25) is 6.04 Å². The topological polar surface area (TPSA) is 9.23 Å². The van der Waals surface area contributed by atoms with E-state index in [0.29, 0.717) is 0 Å². The van der Waals surface area contributed by atoms with Gasteiger partial charge in [-0.25, -0.2) is 0 Å². The molecule has 0 rings (SSSR count). The van der Waals surface area contributed by atoms with Crippen molar-refractivity contribution in [1.82, 2.24) is 0 Å². The molecule has 9 heavy (non-hydrogen) atoms. The van der Waals surface area contributed by atoms with Crippen LogP contribution in [0.25, 0.3) is 0 Å². The van der Waals surface area contributed by atoms with Crippen LogP contribution in [0.1, 0.15) is 6.92 Å². The molecular formula is C5H12I2OSi. The molecule has 0 unspecified atom stereocenters. The molecule has 1 nitrogen and oxygen atoms in total. The Hall–Kier alpha value is 1.64. The summed E-state index contributed by atoms with van der Waals surface area (Å²) in [5.41, 5.74) is 0. The van der Waals surface area contributed by atoms with Gasteiger partial charge in [-0.1, -0.05) is 52.1 Å². The van der Waals surface area contributed by atoms with Crippen molar-refractivity contribution in [2.24, 2.45) is 0 Å². The lowest BCUT2D eigenvalue weighted by atomic mass is 11.0. The fourth-order valence-corrected chi connectivity index (χ4v) is 11.3. The van der Waals surface area contributed by atoms with Gasteiger partial charge in [0, 0.05) is 15.2 Å². The maximum absolute atomic E-state index is 5.51. The van der Waals surface area contributed by atoms with Crippen LogP contribution in [-0.2, 0) is 4.43 Å². The standard InChI is InChI=1S/C5H12I2OSi/c1-3-9(4-6,5-7)8-2/h3-5H2,1-2H3. The zero-order valence-electron chi connectivity index (χ0n) is 5.79. The van der Waals surface area contributed by atoms with E-state index in [4.69, 9.17) is 4.43 Å². The first-order chi connectivity index (χ1) is 4.24. The van der Waals surface area contributed by atoms with Gasteiger partial charge >= 0.3 is 0 Å². The first kappa shape index (κ1) is 10.6. The largest absolute Gasteiger partial charge is 0.418 e. The summed E-state index contributed by atoms with van der Waals surface area (Å²) in [5.74, 6) is 0. The van der Waals surface area contributed by atoms with Gasteiger partial charge in [-0.2, -0.15) is 0 Å². The van der Waals surface area contributed by atoms with Crippen LogP contribution < -0.4 is 0 Å². The highest BCUT2D eigenvalue weighted by Gasteiger charge is 2.28. The molecule has 4 heteroatoms. The molecule has 56 valence electrons. The van der Waals surface area contributed by atoms with E-state index >= 15 is 0 Å².